The highest BCUT2D eigenvalue weighted by Crippen LogP contribution is 2.09. The second-order valence-corrected chi connectivity index (χ2v) is 6.86. The number of rotatable bonds is 6. The van der Waals surface area contributed by atoms with Crippen molar-refractivity contribution in [3.8, 4) is 0 Å². The van der Waals surface area contributed by atoms with Gasteiger partial charge in [-0.3, -0.25) is 4.79 Å². The Kier molecular flexibility index (Phi) is 4.97. The van der Waals surface area contributed by atoms with Crippen LogP contribution >= 0.6 is 11.3 Å². The van der Waals surface area contributed by atoms with Crippen LogP contribution in [-0.4, -0.2) is 61.1 Å². The summed E-state index contributed by atoms with van der Waals surface area (Å²) < 4.78 is 23.9. The molecular formula is C9H13N3O5S2. The van der Waals surface area contributed by atoms with E-state index >= 15 is 0 Å². The van der Waals surface area contributed by atoms with Crippen molar-refractivity contribution < 1.29 is 23.1 Å². The molecule has 1 aromatic heterocycles. The fourth-order valence-electron chi connectivity index (χ4n) is 1.03. The van der Waals surface area contributed by atoms with Crippen LogP contribution < -0.4 is 5.32 Å². The third-order valence-electron chi connectivity index (χ3n) is 2.12. The number of aromatic nitrogens is 1. The van der Waals surface area contributed by atoms with Gasteiger partial charge in [-0.2, -0.15) is 0 Å². The number of carboxylic acid groups (broad SMARTS) is 1. The van der Waals surface area contributed by atoms with Crippen molar-refractivity contribution in [3.63, 3.8) is 0 Å². The van der Waals surface area contributed by atoms with E-state index in [2.05, 4.69) is 10.3 Å². The zero-order valence-electron chi connectivity index (χ0n) is 10.3. The molecule has 0 radical (unpaired) electrons. The van der Waals surface area contributed by atoms with E-state index in [1.54, 1.807) is 0 Å². The summed E-state index contributed by atoms with van der Waals surface area (Å²) >= 11 is 0.886. The Labute approximate surface area is 114 Å². The van der Waals surface area contributed by atoms with Crippen molar-refractivity contribution in [2.45, 2.75) is 0 Å². The van der Waals surface area contributed by atoms with Gasteiger partial charge in [-0.05, 0) is 0 Å². The molecule has 1 amide bonds. The van der Waals surface area contributed by atoms with Gasteiger partial charge in [-0.25, -0.2) is 22.5 Å². The molecule has 1 aromatic rings. The molecule has 0 aliphatic rings. The molecule has 1 rings (SSSR count). The molecule has 0 spiro atoms. The predicted octanol–water partition coefficient (Wildman–Crippen LogP) is -0.537. The highest BCUT2D eigenvalue weighted by molar-refractivity contribution is 7.89. The molecule has 8 nitrogen and oxygen atoms in total. The first kappa shape index (κ1) is 15.5. The van der Waals surface area contributed by atoms with Gasteiger partial charge in [0.05, 0.1) is 5.75 Å². The third kappa shape index (κ3) is 4.26. The van der Waals surface area contributed by atoms with Crippen LogP contribution in [0.4, 0.5) is 0 Å². The Bertz CT molecular complexity index is 578. The van der Waals surface area contributed by atoms with Gasteiger partial charge in [-0.1, -0.05) is 0 Å². The molecule has 0 atom stereocenters. The van der Waals surface area contributed by atoms with E-state index in [-0.39, 0.29) is 23.0 Å². The average Bonchev–Trinajstić information content (AvgIpc) is 2.77. The SMILES string of the molecule is CN(C)S(=O)(=O)CCNC(=O)c1nc(C(=O)O)cs1. The predicted molar refractivity (Wildman–Crippen MR) is 68.9 cm³/mol. The molecule has 0 aliphatic heterocycles. The lowest BCUT2D eigenvalue weighted by atomic mass is 10.5. The van der Waals surface area contributed by atoms with E-state index in [9.17, 15) is 18.0 Å². The Morgan fingerprint density at radius 3 is 2.58 bits per heavy atom. The maximum atomic E-state index is 11.6. The third-order valence-corrected chi connectivity index (χ3v) is 4.79. The Hall–Kier alpha value is -1.52. The van der Waals surface area contributed by atoms with Gasteiger partial charge >= 0.3 is 5.97 Å². The zero-order chi connectivity index (χ0) is 14.6. The molecule has 0 saturated heterocycles. The van der Waals surface area contributed by atoms with Crippen molar-refractivity contribution >= 4 is 33.2 Å². The fourth-order valence-corrected chi connectivity index (χ4v) is 2.46. The van der Waals surface area contributed by atoms with Crippen LogP contribution in [0.1, 0.15) is 20.3 Å². The van der Waals surface area contributed by atoms with Gasteiger partial charge in [0.2, 0.25) is 10.0 Å². The number of nitrogens with zero attached hydrogens (tertiary/aromatic N) is 2. The molecule has 0 saturated carbocycles. The normalized spacial score (nSPS) is 11.5. The van der Waals surface area contributed by atoms with Crippen LogP contribution in [0.25, 0.3) is 0 Å². The van der Waals surface area contributed by atoms with Crippen LogP contribution in [-0.2, 0) is 10.0 Å². The van der Waals surface area contributed by atoms with Gasteiger partial charge in [0.25, 0.3) is 5.91 Å². The zero-order valence-corrected chi connectivity index (χ0v) is 11.9. The highest BCUT2D eigenvalue weighted by Gasteiger charge is 2.17. The topological polar surface area (TPSA) is 117 Å². The number of carboxylic acids is 1. The lowest BCUT2D eigenvalue weighted by Gasteiger charge is -2.10. The van der Waals surface area contributed by atoms with Crippen molar-refractivity contribution in [2.24, 2.45) is 0 Å². The van der Waals surface area contributed by atoms with Crippen molar-refractivity contribution in [1.29, 1.82) is 0 Å². The largest absolute Gasteiger partial charge is 0.476 e. The van der Waals surface area contributed by atoms with Crippen LogP contribution in [0, 0.1) is 0 Å². The molecule has 0 bridgehead atoms. The number of carbonyl (C=O) groups excluding carboxylic acids is 1. The van der Waals surface area contributed by atoms with Gasteiger partial charge < -0.3 is 10.4 Å². The molecule has 2 N–H and O–H groups in total. The monoisotopic (exact) mass is 307 g/mol. The lowest BCUT2D eigenvalue weighted by Crippen LogP contribution is -2.33. The molecule has 19 heavy (non-hydrogen) atoms. The quantitative estimate of drug-likeness (QED) is 0.729. The summed E-state index contributed by atoms with van der Waals surface area (Å²) in [5, 5.41) is 12.3. The maximum Gasteiger partial charge on any atom is 0.355 e. The first-order valence-corrected chi connectivity index (χ1v) is 7.60. The number of thiazole rings is 1. The molecule has 10 heteroatoms. The van der Waals surface area contributed by atoms with E-state index in [0.717, 1.165) is 15.6 Å². The first-order valence-electron chi connectivity index (χ1n) is 5.11. The summed E-state index contributed by atoms with van der Waals surface area (Å²) in [6.07, 6.45) is 0. The summed E-state index contributed by atoms with van der Waals surface area (Å²) in [6, 6.07) is 0. The number of hydrogen-bond acceptors (Lipinski definition) is 6. The van der Waals surface area contributed by atoms with Gasteiger partial charge in [0, 0.05) is 26.0 Å². The summed E-state index contributed by atoms with van der Waals surface area (Å²) in [5.41, 5.74) is -0.212. The van der Waals surface area contributed by atoms with Crippen LogP contribution in [0.15, 0.2) is 5.38 Å². The number of carbonyl (C=O) groups is 2. The number of aromatic carboxylic acids is 1. The minimum atomic E-state index is -3.38. The van der Waals surface area contributed by atoms with Gasteiger partial charge in [0.1, 0.15) is 0 Å². The number of amides is 1. The summed E-state index contributed by atoms with van der Waals surface area (Å²) in [7, 11) is -0.577. The smallest absolute Gasteiger partial charge is 0.355 e. The minimum absolute atomic E-state index is 0.0142. The molecule has 0 unspecified atom stereocenters. The number of sulfonamides is 1. The maximum absolute atomic E-state index is 11.6. The van der Waals surface area contributed by atoms with Gasteiger partial charge in [-0.15, -0.1) is 11.3 Å². The standard InChI is InChI=1S/C9H13N3O5S2/c1-12(2)19(16,17)4-3-10-7(13)8-11-6(5-18-8)9(14)15/h5H,3-4H2,1-2H3,(H,10,13)(H,14,15). The van der Waals surface area contributed by atoms with E-state index < -0.39 is 21.9 Å². The van der Waals surface area contributed by atoms with E-state index in [0.29, 0.717) is 0 Å². The van der Waals surface area contributed by atoms with Gasteiger partial charge in [0.15, 0.2) is 10.7 Å². The molecule has 0 aromatic carbocycles. The van der Waals surface area contributed by atoms with Crippen molar-refractivity contribution in [1.82, 2.24) is 14.6 Å². The Morgan fingerprint density at radius 1 is 1.47 bits per heavy atom. The summed E-state index contributed by atoms with van der Waals surface area (Å²) in [6.45, 7) is -0.0681. The molecule has 0 fully saturated rings. The molecule has 1 heterocycles. The average molecular weight is 307 g/mol. The number of hydrogen-bond donors (Lipinski definition) is 2. The highest BCUT2D eigenvalue weighted by atomic mass is 32.2. The minimum Gasteiger partial charge on any atom is -0.476 e. The second-order valence-electron chi connectivity index (χ2n) is 3.70. The number of nitrogens with one attached hydrogen (secondary N) is 1. The first-order chi connectivity index (χ1) is 8.74. The molecule has 106 valence electrons. The summed E-state index contributed by atoms with van der Waals surface area (Å²) in [5.74, 6) is -2.04. The van der Waals surface area contributed by atoms with E-state index in [4.69, 9.17) is 5.11 Å². The van der Waals surface area contributed by atoms with Crippen LogP contribution in [0.2, 0.25) is 0 Å². The van der Waals surface area contributed by atoms with Crippen LogP contribution in [0.5, 0.6) is 0 Å². The van der Waals surface area contributed by atoms with Crippen molar-refractivity contribution in [3.05, 3.63) is 16.1 Å². The Balaban J connectivity index is 2.54. The Morgan fingerprint density at radius 2 is 2.11 bits per heavy atom. The lowest BCUT2D eigenvalue weighted by molar-refractivity contribution is 0.0691. The van der Waals surface area contributed by atoms with E-state index in [1.165, 1.54) is 19.5 Å². The fraction of sp³-hybridized carbons (Fsp3) is 0.444. The van der Waals surface area contributed by atoms with Crippen LogP contribution in [0.3, 0.4) is 0 Å². The molecule has 0 aliphatic carbocycles. The van der Waals surface area contributed by atoms with Crippen molar-refractivity contribution in [2.75, 3.05) is 26.4 Å². The van der Waals surface area contributed by atoms with E-state index in [1.807, 2.05) is 0 Å². The second kappa shape index (κ2) is 6.08. The summed E-state index contributed by atoms with van der Waals surface area (Å²) in [4.78, 5) is 25.8. The molecular weight excluding hydrogens is 294 g/mol.